The molecule has 0 amide bonds. The van der Waals surface area contributed by atoms with Crippen LogP contribution in [0.4, 0.5) is 0 Å². The average Bonchev–Trinajstić information content (AvgIpc) is 2.60. The molecule has 0 aliphatic carbocycles. The van der Waals surface area contributed by atoms with E-state index in [1.54, 1.807) is 75.4 Å². The minimum absolute atomic E-state index is 0.231. The van der Waals surface area contributed by atoms with E-state index in [2.05, 4.69) is 4.72 Å². The van der Waals surface area contributed by atoms with Gasteiger partial charge in [-0.1, -0.05) is 0 Å². The van der Waals surface area contributed by atoms with E-state index in [4.69, 9.17) is 9.47 Å². The first kappa shape index (κ1) is 18.6. The number of methoxy groups -OCH3 is 2. The van der Waals surface area contributed by atoms with Crippen molar-refractivity contribution in [3.05, 3.63) is 48.0 Å². The van der Waals surface area contributed by atoms with Gasteiger partial charge in [0.15, 0.2) is 0 Å². The lowest BCUT2D eigenvalue weighted by molar-refractivity contribution is 0.395. The predicted molar refractivity (Wildman–Crippen MR) is 96.5 cm³/mol. The molecule has 0 aliphatic rings. The Hall–Kier alpha value is -1.70. The molecule has 5 nitrogen and oxygen atoms in total. The second kappa shape index (κ2) is 7.92. The maximum Gasteiger partial charge on any atom is 0.241 e. The fourth-order valence-corrected chi connectivity index (χ4v) is 3.93. The standard InChI is InChI=1S/C17H21NO4S2/c1-12(16-11-13(21-2)5-10-17(16)22-3)18-24(19,20)15-8-6-14(23-4)7-9-15/h5-12,18H,1-4H3/t12-/m1/s1. The summed E-state index contributed by atoms with van der Waals surface area (Å²) in [6.45, 7) is 1.77. The number of thioether (sulfide) groups is 1. The van der Waals surface area contributed by atoms with Crippen LogP contribution in [0, 0.1) is 0 Å². The Balaban J connectivity index is 2.28. The lowest BCUT2D eigenvalue weighted by atomic mass is 10.1. The summed E-state index contributed by atoms with van der Waals surface area (Å²) in [5.41, 5.74) is 0.709. The summed E-state index contributed by atoms with van der Waals surface area (Å²) in [4.78, 5) is 1.24. The van der Waals surface area contributed by atoms with Gasteiger partial charge in [-0.15, -0.1) is 11.8 Å². The molecule has 0 saturated heterocycles. The van der Waals surface area contributed by atoms with Crippen LogP contribution in [0.1, 0.15) is 18.5 Å². The van der Waals surface area contributed by atoms with E-state index >= 15 is 0 Å². The van der Waals surface area contributed by atoms with Crippen molar-refractivity contribution in [3.8, 4) is 11.5 Å². The molecule has 24 heavy (non-hydrogen) atoms. The molecule has 130 valence electrons. The van der Waals surface area contributed by atoms with Crippen molar-refractivity contribution >= 4 is 21.8 Å². The third-order valence-electron chi connectivity index (χ3n) is 3.61. The molecular formula is C17H21NO4S2. The summed E-state index contributed by atoms with van der Waals surface area (Å²) >= 11 is 1.56. The molecule has 7 heteroatoms. The smallest absolute Gasteiger partial charge is 0.241 e. The Morgan fingerprint density at radius 3 is 2.25 bits per heavy atom. The molecule has 1 atom stereocenters. The van der Waals surface area contributed by atoms with E-state index in [-0.39, 0.29) is 4.90 Å². The summed E-state index contributed by atoms with van der Waals surface area (Å²) in [5.74, 6) is 1.24. The number of hydrogen-bond acceptors (Lipinski definition) is 5. The zero-order chi connectivity index (χ0) is 17.7. The van der Waals surface area contributed by atoms with Gasteiger partial charge in [0.05, 0.1) is 19.1 Å². The van der Waals surface area contributed by atoms with E-state index in [9.17, 15) is 8.42 Å². The number of sulfonamides is 1. The van der Waals surface area contributed by atoms with Crippen LogP contribution in [0.25, 0.3) is 0 Å². The molecule has 0 saturated carbocycles. The van der Waals surface area contributed by atoms with Gasteiger partial charge in [-0.05, 0) is 55.6 Å². The minimum Gasteiger partial charge on any atom is -0.497 e. The number of benzene rings is 2. The average molecular weight is 367 g/mol. The number of ether oxygens (including phenoxy) is 2. The van der Waals surface area contributed by atoms with Crippen LogP contribution in [0.5, 0.6) is 11.5 Å². The van der Waals surface area contributed by atoms with Gasteiger partial charge in [-0.3, -0.25) is 0 Å². The summed E-state index contributed by atoms with van der Waals surface area (Å²) < 4.78 is 38.4. The molecule has 0 heterocycles. The monoisotopic (exact) mass is 367 g/mol. The summed E-state index contributed by atoms with van der Waals surface area (Å²) in [6.07, 6.45) is 1.94. The van der Waals surface area contributed by atoms with E-state index in [0.717, 1.165) is 4.90 Å². The second-order valence-corrected chi connectivity index (χ2v) is 7.72. The Kier molecular flexibility index (Phi) is 6.15. The first-order chi connectivity index (χ1) is 11.4. The molecule has 1 N–H and O–H groups in total. The third-order valence-corrected chi connectivity index (χ3v) is 5.91. The van der Waals surface area contributed by atoms with Gasteiger partial charge in [0.2, 0.25) is 10.0 Å². The van der Waals surface area contributed by atoms with Crippen molar-refractivity contribution in [2.75, 3.05) is 20.5 Å². The van der Waals surface area contributed by atoms with Crippen LogP contribution in [0.15, 0.2) is 52.3 Å². The number of hydrogen-bond donors (Lipinski definition) is 1. The van der Waals surface area contributed by atoms with Crippen LogP contribution in [-0.4, -0.2) is 28.9 Å². The van der Waals surface area contributed by atoms with Gasteiger partial charge in [-0.2, -0.15) is 0 Å². The van der Waals surface area contributed by atoms with Gasteiger partial charge in [0.1, 0.15) is 11.5 Å². The summed E-state index contributed by atoms with van der Waals surface area (Å²) in [5, 5.41) is 0. The van der Waals surface area contributed by atoms with Gasteiger partial charge < -0.3 is 9.47 Å². The largest absolute Gasteiger partial charge is 0.497 e. The van der Waals surface area contributed by atoms with Crippen molar-refractivity contribution in [2.45, 2.75) is 22.8 Å². The molecule has 2 rings (SSSR count). The summed E-state index contributed by atoms with van der Waals surface area (Å²) in [6, 6.07) is 11.6. The minimum atomic E-state index is -3.63. The molecule has 2 aromatic rings. The molecule has 0 aliphatic heterocycles. The van der Waals surface area contributed by atoms with Gasteiger partial charge in [0, 0.05) is 16.5 Å². The third kappa shape index (κ3) is 4.23. The second-order valence-electron chi connectivity index (χ2n) is 5.13. The van der Waals surface area contributed by atoms with Crippen molar-refractivity contribution in [1.29, 1.82) is 0 Å². The Bertz CT molecular complexity index is 789. The highest BCUT2D eigenvalue weighted by atomic mass is 32.2. The molecular weight excluding hydrogens is 346 g/mol. The predicted octanol–water partition coefficient (Wildman–Crippen LogP) is 3.47. The topological polar surface area (TPSA) is 64.6 Å². The lowest BCUT2D eigenvalue weighted by Crippen LogP contribution is -2.27. The fraction of sp³-hybridized carbons (Fsp3) is 0.294. The molecule has 0 bridgehead atoms. The quantitative estimate of drug-likeness (QED) is 0.759. The van der Waals surface area contributed by atoms with E-state index in [1.165, 1.54) is 0 Å². The van der Waals surface area contributed by atoms with Crippen molar-refractivity contribution in [3.63, 3.8) is 0 Å². The van der Waals surface area contributed by atoms with Crippen LogP contribution >= 0.6 is 11.8 Å². The molecule has 0 unspecified atom stereocenters. The van der Waals surface area contributed by atoms with E-state index < -0.39 is 16.1 Å². The lowest BCUT2D eigenvalue weighted by Gasteiger charge is -2.18. The van der Waals surface area contributed by atoms with Crippen molar-refractivity contribution in [1.82, 2.24) is 4.72 Å². The Morgan fingerprint density at radius 2 is 1.71 bits per heavy atom. The van der Waals surface area contributed by atoms with Crippen LogP contribution < -0.4 is 14.2 Å². The van der Waals surface area contributed by atoms with Crippen molar-refractivity contribution in [2.24, 2.45) is 0 Å². The summed E-state index contributed by atoms with van der Waals surface area (Å²) in [7, 11) is -0.520. The van der Waals surface area contributed by atoms with Crippen LogP contribution in [-0.2, 0) is 10.0 Å². The molecule has 0 radical (unpaired) electrons. The Labute approximate surface area is 147 Å². The van der Waals surface area contributed by atoms with Crippen molar-refractivity contribution < 1.29 is 17.9 Å². The fourth-order valence-electron chi connectivity index (χ4n) is 2.30. The molecule has 0 fully saturated rings. The number of nitrogens with one attached hydrogen (secondary N) is 1. The highest BCUT2D eigenvalue weighted by Gasteiger charge is 2.21. The van der Waals surface area contributed by atoms with Gasteiger partial charge in [-0.25, -0.2) is 13.1 Å². The normalized spacial score (nSPS) is 12.7. The zero-order valence-corrected chi connectivity index (χ0v) is 15.7. The first-order valence-electron chi connectivity index (χ1n) is 7.29. The molecule has 0 spiro atoms. The zero-order valence-electron chi connectivity index (χ0n) is 14.1. The van der Waals surface area contributed by atoms with Crippen LogP contribution in [0.3, 0.4) is 0 Å². The maximum absolute atomic E-state index is 12.6. The molecule has 2 aromatic carbocycles. The van der Waals surface area contributed by atoms with E-state index in [1.807, 2.05) is 6.26 Å². The highest BCUT2D eigenvalue weighted by molar-refractivity contribution is 7.98. The van der Waals surface area contributed by atoms with Crippen LogP contribution in [0.2, 0.25) is 0 Å². The first-order valence-corrected chi connectivity index (χ1v) is 10.0. The maximum atomic E-state index is 12.6. The number of rotatable bonds is 7. The highest BCUT2D eigenvalue weighted by Crippen LogP contribution is 2.30. The molecule has 0 aromatic heterocycles. The SMILES string of the molecule is COc1ccc(OC)c([C@@H](C)NS(=O)(=O)c2ccc(SC)cc2)c1. The Morgan fingerprint density at radius 1 is 1.04 bits per heavy atom. The van der Waals surface area contributed by atoms with E-state index in [0.29, 0.717) is 17.1 Å². The van der Waals surface area contributed by atoms with Gasteiger partial charge >= 0.3 is 0 Å². The van der Waals surface area contributed by atoms with Gasteiger partial charge in [0.25, 0.3) is 0 Å².